The van der Waals surface area contributed by atoms with E-state index in [0.717, 1.165) is 23.9 Å². The highest BCUT2D eigenvalue weighted by atomic mass is 16.5. The van der Waals surface area contributed by atoms with Crippen molar-refractivity contribution in [2.75, 3.05) is 27.7 Å². The molecule has 1 aromatic carbocycles. The van der Waals surface area contributed by atoms with Gasteiger partial charge in [-0.25, -0.2) is 14.6 Å². The maximum absolute atomic E-state index is 9.10. The summed E-state index contributed by atoms with van der Waals surface area (Å²) >= 11 is 0. The quantitative estimate of drug-likeness (QED) is 0.529. The number of likely N-dealkylation sites (N-methyl/N-ethyl adjacent to an activating group) is 1. The van der Waals surface area contributed by atoms with Gasteiger partial charge in [-0.2, -0.15) is 4.98 Å². The number of nitrogens with zero attached hydrogens (tertiary/aromatic N) is 3. The van der Waals surface area contributed by atoms with Crippen LogP contribution in [-0.4, -0.2) is 69.8 Å². The van der Waals surface area contributed by atoms with Gasteiger partial charge < -0.3 is 29.6 Å². The number of aromatic nitrogens is 3. The monoisotopic (exact) mass is 402 g/mol. The van der Waals surface area contributed by atoms with Gasteiger partial charge in [0, 0.05) is 35.9 Å². The summed E-state index contributed by atoms with van der Waals surface area (Å²) in [5, 5.41) is 15.9. The van der Waals surface area contributed by atoms with E-state index in [1.165, 1.54) is 5.56 Å². The van der Waals surface area contributed by atoms with Gasteiger partial charge in [-0.15, -0.1) is 0 Å². The lowest BCUT2D eigenvalue weighted by Gasteiger charge is -2.09. The highest BCUT2D eigenvalue weighted by Gasteiger charge is 2.08. The lowest BCUT2D eigenvalue weighted by Crippen LogP contribution is -2.14. The fraction of sp³-hybridized carbons (Fsp3) is 0.263. The zero-order valence-electron chi connectivity index (χ0n) is 16.2. The van der Waals surface area contributed by atoms with Crippen molar-refractivity contribution in [1.29, 1.82) is 0 Å². The first-order valence-electron chi connectivity index (χ1n) is 8.56. The number of hydrogen-bond acceptors (Lipinski definition) is 7. The predicted octanol–water partition coefficient (Wildman–Crippen LogP) is 2.02. The third-order valence-corrected chi connectivity index (χ3v) is 3.78. The topological polar surface area (TPSA) is 138 Å². The van der Waals surface area contributed by atoms with Gasteiger partial charge in [0.15, 0.2) is 0 Å². The number of benzene rings is 1. The molecule has 10 heteroatoms. The van der Waals surface area contributed by atoms with Crippen LogP contribution in [0.2, 0.25) is 0 Å². The number of hydrogen-bond donors (Lipinski definition) is 3. The second-order valence-corrected chi connectivity index (χ2v) is 6.17. The van der Waals surface area contributed by atoms with Crippen molar-refractivity contribution in [3.63, 3.8) is 0 Å². The Labute approximate surface area is 166 Å². The third-order valence-electron chi connectivity index (χ3n) is 3.78. The first kappa shape index (κ1) is 21.6. The fourth-order valence-electron chi connectivity index (χ4n) is 2.37. The van der Waals surface area contributed by atoms with Crippen LogP contribution in [0.3, 0.4) is 0 Å². The molecule has 0 spiro atoms. The van der Waals surface area contributed by atoms with E-state index in [-0.39, 0.29) is 6.01 Å². The summed E-state index contributed by atoms with van der Waals surface area (Å²) in [6, 6.07) is 7.87. The van der Waals surface area contributed by atoms with Gasteiger partial charge in [0.05, 0.1) is 7.11 Å². The number of fused-ring (bicyclic) bond motifs is 1. The molecule has 0 unspecified atom stereocenters. The number of H-pyrrole nitrogens is 1. The maximum Gasteiger partial charge on any atom is 0.414 e. The van der Waals surface area contributed by atoms with E-state index in [0.29, 0.717) is 11.6 Å². The third kappa shape index (κ3) is 6.47. The molecule has 29 heavy (non-hydrogen) atoms. The molecule has 0 aliphatic heterocycles. The van der Waals surface area contributed by atoms with Crippen LogP contribution in [0.1, 0.15) is 5.56 Å². The van der Waals surface area contributed by atoms with Crippen molar-refractivity contribution in [3.05, 3.63) is 42.2 Å². The number of rotatable bonds is 6. The smallest absolute Gasteiger partial charge is 0.414 e. The largest absolute Gasteiger partial charge is 0.481 e. The van der Waals surface area contributed by atoms with Crippen molar-refractivity contribution in [3.8, 4) is 17.6 Å². The van der Waals surface area contributed by atoms with Gasteiger partial charge in [0.1, 0.15) is 5.75 Å². The number of carboxylic acid groups (broad SMARTS) is 2. The highest BCUT2D eigenvalue weighted by molar-refractivity contribution is 6.27. The minimum atomic E-state index is -1.82. The molecular formula is C19H22N4O6. The second-order valence-electron chi connectivity index (χ2n) is 6.17. The van der Waals surface area contributed by atoms with Crippen LogP contribution in [0.25, 0.3) is 10.9 Å². The van der Waals surface area contributed by atoms with E-state index in [9.17, 15) is 0 Å². The van der Waals surface area contributed by atoms with Gasteiger partial charge in [-0.1, -0.05) is 0 Å². The second kappa shape index (κ2) is 10.0. The SMILES string of the molecule is COc1ccnc(Oc2ccc3[nH]cc(CCN(C)C)c3c2)n1.O=C(O)C(=O)O. The van der Waals surface area contributed by atoms with Crippen LogP contribution in [0.15, 0.2) is 36.7 Å². The average molecular weight is 402 g/mol. The number of carbonyl (C=O) groups is 2. The molecule has 3 N–H and O–H groups in total. The molecule has 0 amide bonds. The molecule has 0 saturated heterocycles. The number of aliphatic carboxylic acids is 2. The Balaban J connectivity index is 0.000000438. The zero-order chi connectivity index (χ0) is 21.4. The van der Waals surface area contributed by atoms with Crippen LogP contribution in [-0.2, 0) is 16.0 Å². The van der Waals surface area contributed by atoms with Crippen LogP contribution < -0.4 is 9.47 Å². The fourth-order valence-corrected chi connectivity index (χ4v) is 2.37. The minimum Gasteiger partial charge on any atom is -0.481 e. The molecule has 154 valence electrons. The molecule has 0 fully saturated rings. The van der Waals surface area contributed by atoms with Crippen molar-refractivity contribution in [1.82, 2.24) is 19.9 Å². The number of ether oxygens (including phenoxy) is 2. The maximum atomic E-state index is 9.10. The van der Waals surface area contributed by atoms with Crippen molar-refractivity contribution >= 4 is 22.8 Å². The number of methoxy groups -OCH3 is 1. The van der Waals surface area contributed by atoms with Crippen molar-refractivity contribution in [2.45, 2.75) is 6.42 Å². The van der Waals surface area contributed by atoms with E-state index in [2.05, 4.69) is 40.1 Å². The molecular weight excluding hydrogens is 380 g/mol. The molecule has 10 nitrogen and oxygen atoms in total. The number of nitrogens with one attached hydrogen (secondary N) is 1. The Bertz CT molecular complexity index is 974. The summed E-state index contributed by atoms with van der Waals surface area (Å²) in [5.41, 5.74) is 2.36. The average Bonchev–Trinajstić information content (AvgIpc) is 3.09. The Morgan fingerprint density at radius 1 is 1.17 bits per heavy atom. The Morgan fingerprint density at radius 2 is 1.90 bits per heavy atom. The standard InChI is InChI=1S/C17H20N4O2.C2H2O4/c1-21(2)9-7-12-11-19-15-5-4-13(10-14(12)15)23-17-18-8-6-16(20-17)22-3;3-1(4)2(5)6/h4-6,8,10-11,19H,7,9H2,1-3H3;(H,3,4)(H,5,6). The van der Waals surface area contributed by atoms with Crippen LogP contribution in [0.5, 0.6) is 17.6 Å². The van der Waals surface area contributed by atoms with Crippen LogP contribution >= 0.6 is 0 Å². The summed E-state index contributed by atoms with van der Waals surface area (Å²) in [6.07, 6.45) is 4.64. The molecule has 3 aromatic rings. The summed E-state index contributed by atoms with van der Waals surface area (Å²) in [7, 11) is 5.71. The number of carboxylic acids is 2. The Kier molecular flexibility index (Phi) is 7.49. The normalized spacial score (nSPS) is 10.3. The van der Waals surface area contributed by atoms with E-state index in [1.54, 1.807) is 19.4 Å². The Hall–Kier alpha value is -3.66. The Morgan fingerprint density at radius 3 is 2.52 bits per heavy atom. The lowest BCUT2D eigenvalue weighted by molar-refractivity contribution is -0.159. The van der Waals surface area contributed by atoms with Gasteiger partial charge in [-0.3, -0.25) is 0 Å². The summed E-state index contributed by atoms with van der Waals surface area (Å²) in [5.74, 6) is -2.47. The molecule has 0 atom stereocenters. The van der Waals surface area contributed by atoms with Crippen LogP contribution in [0.4, 0.5) is 0 Å². The first-order chi connectivity index (χ1) is 13.8. The molecule has 0 saturated carbocycles. The lowest BCUT2D eigenvalue weighted by atomic mass is 10.1. The van der Waals surface area contributed by atoms with Crippen molar-refractivity contribution < 1.29 is 29.3 Å². The first-order valence-corrected chi connectivity index (χ1v) is 8.56. The van der Waals surface area contributed by atoms with Gasteiger partial charge >= 0.3 is 17.9 Å². The van der Waals surface area contributed by atoms with Gasteiger partial charge in [0.25, 0.3) is 0 Å². The minimum absolute atomic E-state index is 0.272. The summed E-state index contributed by atoms with van der Waals surface area (Å²) in [6.45, 7) is 0.997. The van der Waals surface area contributed by atoms with Gasteiger partial charge in [0.2, 0.25) is 5.88 Å². The van der Waals surface area contributed by atoms with E-state index in [1.807, 2.05) is 18.2 Å². The zero-order valence-corrected chi connectivity index (χ0v) is 16.2. The molecule has 0 aliphatic rings. The highest BCUT2D eigenvalue weighted by Crippen LogP contribution is 2.26. The number of aromatic amines is 1. The van der Waals surface area contributed by atoms with Gasteiger partial charge in [-0.05, 0) is 44.3 Å². The summed E-state index contributed by atoms with van der Waals surface area (Å²) < 4.78 is 10.8. The molecule has 0 bridgehead atoms. The van der Waals surface area contributed by atoms with Crippen LogP contribution in [0, 0.1) is 0 Å². The van der Waals surface area contributed by atoms with E-state index >= 15 is 0 Å². The predicted molar refractivity (Wildman–Crippen MR) is 104 cm³/mol. The molecule has 0 radical (unpaired) electrons. The van der Waals surface area contributed by atoms with Crippen molar-refractivity contribution in [2.24, 2.45) is 0 Å². The molecule has 0 aliphatic carbocycles. The van der Waals surface area contributed by atoms with E-state index in [4.69, 9.17) is 29.3 Å². The summed E-state index contributed by atoms with van der Waals surface area (Å²) in [4.78, 5) is 31.9. The molecule has 3 rings (SSSR count). The molecule has 2 aromatic heterocycles. The molecule has 2 heterocycles. The van der Waals surface area contributed by atoms with E-state index < -0.39 is 11.9 Å².